The first-order chi connectivity index (χ1) is 14.5. The number of rotatable bonds is 7. The summed E-state index contributed by atoms with van der Waals surface area (Å²) < 4.78 is 21.4. The number of benzene rings is 2. The van der Waals surface area contributed by atoms with Crippen LogP contribution in [0.1, 0.15) is 26.5 Å². The van der Waals surface area contributed by atoms with Gasteiger partial charge in [0, 0.05) is 0 Å². The number of ether oxygens (including phenoxy) is 3. The Morgan fingerprint density at radius 3 is 2.40 bits per heavy atom. The molecule has 30 heavy (non-hydrogen) atoms. The van der Waals surface area contributed by atoms with Crippen molar-refractivity contribution in [1.29, 1.82) is 0 Å². The lowest BCUT2D eigenvalue weighted by atomic mass is 10.2. The molecule has 154 valence electrons. The molecule has 0 spiro atoms. The minimum absolute atomic E-state index is 0.123. The van der Waals surface area contributed by atoms with Crippen molar-refractivity contribution >= 4 is 34.0 Å². The average molecular weight is 473 g/mol. The Hall–Kier alpha value is -3.59. The Morgan fingerprint density at radius 1 is 1.00 bits per heavy atom. The highest BCUT2D eigenvalue weighted by atomic mass is 79.9. The molecular weight excluding hydrogens is 456 g/mol. The van der Waals surface area contributed by atoms with Crippen molar-refractivity contribution in [2.24, 2.45) is 5.10 Å². The average Bonchev–Trinajstić information content (AvgIpc) is 3.21. The van der Waals surface area contributed by atoms with E-state index in [2.05, 4.69) is 26.5 Å². The van der Waals surface area contributed by atoms with E-state index >= 15 is 0 Å². The molecule has 3 rings (SSSR count). The molecule has 0 unspecified atom stereocenters. The van der Waals surface area contributed by atoms with Crippen molar-refractivity contribution in [3.8, 4) is 17.2 Å². The first-order valence-corrected chi connectivity index (χ1v) is 9.42. The molecule has 1 N–H and O–H groups in total. The van der Waals surface area contributed by atoms with Crippen molar-refractivity contribution < 1.29 is 28.2 Å². The summed E-state index contributed by atoms with van der Waals surface area (Å²) in [6.45, 7) is 0. The van der Waals surface area contributed by atoms with Crippen LogP contribution in [0.4, 0.5) is 0 Å². The molecule has 0 bridgehead atoms. The maximum Gasteiger partial charge on any atom is 0.343 e. The van der Waals surface area contributed by atoms with Gasteiger partial charge < -0.3 is 18.6 Å². The monoisotopic (exact) mass is 472 g/mol. The van der Waals surface area contributed by atoms with E-state index in [4.69, 9.17) is 18.6 Å². The second-order valence-corrected chi connectivity index (χ2v) is 6.61. The Kier molecular flexibility index (Phi) is 6.87. The first kappa shape index (κ1) is 21.1. The van der Waals surface area contributed by atoms with E-state index in [1.165, 1.54) is 19.4 Å². The van der Waals surface area contributed by atoms with Crippen LogP contribution < -0.4 is 19.6 Å². The van der Waals surface area contributed by atoms with E-state index in [1.54, 1.807) is 55.6 Å². The topological polar surface area (TPSA) is 99.4 Å². The number of nitrogens with one attached hydrogen (secondary N) is 1. The number of hydrogen-bond donors (Lipinski definition) is 1. The second kappa shape index (κ2) is 9.75. The zero-order valence-corrected chi connectivity index (χ0v) is 17.6. The lowest BCUT2D eigenvalue weighted by Crippen LogP contribution is -2.16. The summed E-state index contributed by atoms with van der Waals surface area (Å²) in [5.41, 5.74) is 3.35. The number of furan rings is 1. The molecule has 0 fully saturated rings. The molecular formula is C21H17BrN2O6. The predicted octanol–water partition coefficient (Wildman–Crippen LogP) is 4.04. The van der Waals surface area contributed by atoms with Gasteiger partial charge in [0.05, 0.1) is 26.0 Å². The van der Waals surface area contributed by atoms with Gasteiger partial charge in [-0.2, -0.15) is 5.10 Å². The molecule has 0 atom stereocenters. The van der Waals surface area contributed by atoms with Crippen LogP contribution >= 0.6 is 15.9 Å². The number of amides is 1. The van der Waals surface area contributed by atoms with Crippen molar-refractivity contribution in [1.82, 2.24) is 5.43 Å². The van der Waals surface area contributed by atoms with Crippen molar-refractivity contribution in [3.63, 3.8) is 0 Å². The normalized spacial score (nSPS) is 10.6. The first-order valence-electron chi connectivity index (χ1n) is 8.63. The number of nitrogens with zero attached hydrogens (tertiary/aromatic N) is 1. The van der Waals surface area contributed by atoms with Gasteiger partial charge >= 0.3 is 11.9 Å². The number of halogens is 1. The number of carbonyl (C=O) groups is 2. The third kappa shape index (κ3) is 5.26. The van der Waals surface area contributed by atoms with Crippen LogP contribution in [-0.4, -0.2) is 32.3 Å². The summed E-state index contributed by atoms with van der Waals surface area (Å²) in [6.07, 6.45) is 1.42. The van der Waals surface area contributed by atoms with E-state index in [9.17, 15) is 9.59 Å². The maximum atomic E-state index is 12.3. The number of hydrogen-bond acceptors (Lipinski definition) is 7. The number of carbonyl (C=O) groups excluding carboxylic acids is 2. The Bertz CT molecular complexity index is 1080. The van der Waals surface area contributed by atoms with Gasteiger partial charge in [-0.3, -0.25) is 4.79 Å². The Labute approximate surface area is 180 Å². The molecule has 1 heterocycles. The fraction of sp³-hybridized carbons (Fsp3) is 0.0952. The number of esters is 1. The molecule has 0 aliphatic rings. The highest BCUT2D eigenvalue weighted by Gasteiger charge is 2.13. The number of hydrazone groups is 1. The lowest BCUT2D eigenvalue weighted by molar-refractivity contribution is 0.0729. The van der Waals surface area contributed by atoms with Crippen LogP contribution in [0.5, 0.6) is 17.2 Å². The van der Waals surface area contributed by atoms with E-state index in [-0.39, 0.29) is 11.5 Å². The minimum Gasteiger partial charge on any atom is -0.497 e. The Balaban J connectivity index is 1.66. The molecule has 1 amide bonds. The summed E-state index contributed by atoms with van der Waals surface area (Å²) in [4.78, 5) is 24.2. The van der Waals surface area contributed by atoms with Crippen molar-refractivity contribution in [2.75, 3.05) is 14.2 Å². The van der Waals surface area contributed by atoms with Crippen LogP contribution in [0.15, 0.2) is 68.8 Å². The maximum absolute atomic E-state index is 12.3. The largest absolute Gasteiger partial charge is 0.497 e. The number of methoxy groups -OCH3 is 2. The fourth-order valence-electron chi connectivity index (χ4n) is 2.39. The molecule has 0 aliphatic heterocycles. The van der Waals surface area contributed by atoms with Gasteiger partial charge in [0.1, 0.15) is 5.75 Å². The third-order valence-electron chi connectivity index (χ3n) is 3.89. The molecule has 1 aromatic heterocycles. The van der Waals surface area contributed by atoms with Gasteiger partial charge in [0.15, 0.2) is 21.9 Å². The van der Waals surface area contributed by atoms with Gasteiger partial charge in [-0.25, -0.2) is 10.2 Å². The standard InChI is InChI=1S/C21H17BrN2O6/c1-27-15-6-4-14(5-7-15)21(26)30-16-8-3-13(11-18(16)28-2)12-23-24-20(25)17-9-10-19(22)29-17/h3-12H,1-2H3,(H,24,25)/b23-12+. The molecule has 0 saturated heterocycles. The van der Waals surface area contributed by atoms with Crippen molar-refractivity contribution in [3.05, 3.63) is 76.2 Å². The van der Waals surface area contributed by atoms with Crippen LogP contribution in [-0.2, 0) is 0 Å². The van der Waals surface area contributed by atoms with E-state index in [0.29, 0.717) is 27.3 Å². The van der Waals surface area contributed by atoms with Crippen molar-refractivity contribution in [2.45, 2.75) is 0 Å². The fourth-order valence-corrected chi connectivity index (χ4v) is 2.70. The molecule has 2 aromatic carbocycles. The summed E-state index contributed by atoms with van der Waals surface area (Å²) in [7, 11) is 3.00. The van der Waals surface area contributed by atoms with Crippen LogP contribution in [0.2, 0.25) is 0 Å². The zero-order valence-electron chi connectivity index (χ0n) is 16.0. The van der Waals surface area contributed by atoms with Crippen LogP contribution in [0, 0.1) is 0 Å². The Morgan fingerprint density at radius 2 is 1.77 bits per heavy atom. The molecule has 3 aromatic rings. The second-order valence-electron chi connectivity index (χ2n) is 5.83. The minimum atomic E-state index is -0.533. The lowest BCUT2D eigenvalue weighted by Gasteiger charge is -2.10. The van der Waals surface area contributed by atoms with Gasteiger partial charge in [-0.1, -0.05) is 0 Å². The van der Waals surface area contributed by atoms with E-state index in [1.807, 2.05) is 0 Å². The van der Waals surface area contributed by atoms with Gasteiger partial charge in [-0.15, -0.1) is 0 Å². The molecule has 0 radical (unpaired) electrons. The van der Waals surface area contributed by atoms with Gasteiger partial charge in [0.2, 0.25) is 0 Å². The molecule has 0 aliphatic carbocycles. The van der Waals surface area contributed by atoms with Crippen LogP contribution in [0.3, 0.4) is 0 Å². The third-order valence-corrected chi connectivity index (χ3v) is 4.32. The molecule has 0 saturated carbocycles. The van der Waals surface area contributed by atoms with Gasteiger partial charge in [0.25, 0.3) is 0 Å². The SMILES string of the molecule is COc1ccc(C(=O)Oc2ccc(/C=N/NC(=O)c3ccc(Br)o3)cc2OC)cc1. The quantitative estimate of drug-likeness (QED) is 0.241. The zero-order chi connectivity index (χ0) is 21.5. The predicted molar refractivity (Wildman–Crippen MR) is 112 cm³/mol. The smallest absolute Gasteiger partial charge is 0.343 e. The highest BCUT2D eigenvalue weighted by molar-refractivity contribution is 9.10. The summed E-state index contributed by atoms with van der Waals surface area (Å²) in [5.74, 6) is 0.321. The summed E-state index contributed by atoms with van der Waals surface area (Å²) >= 11 is 3.13. The molecule has 8 nitrogen and oxygen atoms in total. The van der Waals surface area contributed by atoms with Crippen LogP contribution in [0.25, 0.3) is 0 Å². The summed E-state index contributed by atoms with van der Waals surface area (Å²) in [5, 5.41) is 3.88. The van der Waals surface area contributed by atoms with E-state index < -0.39 is 11.9 Å². The summed E-state index contributed by atoms with van der Waals surface area (Å²) in [6, 6.07) is 14.5. The van der Waals surface area contributed by atoms with Gasteiger partial charge in [-0.05, 0) is 76.1 Å². The van der Waals surface area contributed by atoms with E-state index in [0.717, 1.165) is 0 Å². The molecule has 9 heteroatoms. The highest BCUT2D eigenvalue weighted by Crippen LogP contribution is 2.28.